The van der Waals surface area contributed by atoms with Crippen molar-refractivity contribution in [1.82, 2.24) is 4.72 Å². The van der Waals surface area contributed by atoms with Crippen molar-refractivity contribution in [3.05, 3.63) is 46.4 Å². The predicted molar refractivity (Wildman–Crippen MR) is 132 cm³/mol. The van der Waals surface area contributed by atoms with Gasteiger partial charge in [0.1, 0.15) is 6.54 Å². The number of anilines is 2. The molecule has 2 rings (SSSR count). The first kappa shape index (κ1) is 30.6. The Morgan fingerprint density at radius 3 is 1.63 bits per heavy atom. The Morgan fingerprint density at radius 1 is 0.829 bits per heavy atom. The number of nitrogens with one attached hydrogen (secondary N) is 3. The van der Waals surface area contributed by atoms with Crippen molar-refractivity contribution in [2.24, 2.45) is 0 Å². The predicted octanol–water partition coefficient (Wildman–Crippen LogP) is 2.98. The Hall–Kier alpha value is -2.42. The van der Waals surface area contributed by atoms with E-state index in [0.29, 0.717) is 11.4 Å². The Balaban J connectivity index is 0.000000365. The number of halogens is 3. The van der Waals surface area contributed by atoms with E-state index < -0.39 is 31.6 Å². The lowest BCUT2D eigenvalue weighted by Gasteiger charge is -2.09. The van der Waals surface area contributed by atoms with Gasteiger partial charge in [0.15, 0.2) is 0 Å². The van der Waals surface area contributed by atoms with Crippen LogP contribution in [0.1, 0.15) is 13.8 Å². The number of sulfonamides is 1. The van der Waals surface area contributed by atoms with Crippen LogP contribution in [0.4, 0.5) is 11.4 Å². The summed E-state index contributed by atoms with van der Waals surface area (Å²) in [5, 5.41) is 5.08. The normalized spacial score (nSPS) is 11.0. The molecular weight excluding hydrogens is 569 g/mol. The number of hydrogen-bond donors (Lipinski definition) is 3. The van der Waals surface area contributed by atoms with Gasteiger partial charge in [-0.25, -0.2) is 16.8 Å². The van der Waals surface area contributed by atoms with Gasteiger partial charge in [-0.1, -0.05) is 23.2 Å². The third-order valence-electron chi connectivity index (χ3n) is 3.73. The highest BCUT2D eigenvalue weighted by molar-refractivity contribution is 8.13. The van der Waals surface area contributed by atoms with Crippen LogP contribution in [-0.4, -0.2) is 48.3 Å². The summed E-state index contributed by atoms with van der Waals surface area (Å²) in [5.41, 5.74) is 0.638. The van der Waals surface area contributed by atoms with Crippen molar-refractivity contribution in [2.45, 2.75) is 23.6 Å². The number of rotatable bonds is 7. The Bertz CT molecular complexity index is 1330. The molecule has 0 aliphatic carbocycles. The number of carbonyl (C=O) groups excluding carboxylic acids is 3. The number of methoxy groups -OCH3 is 1. The monoisotopic (exact) mass is 587 g/mol. The third-order valence-corrected chi connectivity index (χ3v) is 7.10. The molecule has 192 valence electrons. The van der Waals surface area contributed by atoms with Crippen LogP contribution in [0.2, 0.25) is 10.0 Å². The highest BCUT2D eigenvalue weighted by Gasteiger charge is 2.17. The zero-order valence-electron chi connectivity index (χ0n) is 18.4. The van der Waals surface area contributed by atoms with Crippen molar-refractivity contribution in [1.29, 1.82) is 0 Å². The lowest BCUT2D eigenvalue weighted by molar-refractivity contribution is -0.139. The highest BCUT2D eigenvalue weighted by Crippen LogP contribution is 2.27. The number of carbonyl (C=O) groups is 3. The maximum atomic E-state index is 11.9. The summed E-state index contributed by atoms with van der Waals surface area (Å²) >= 11 is 11.6. The van der Waals surface area contributed by atoms with Crippen LogP contribution >= 0.6 is 33.9 Å². The molecule has 0 saturated carbocycles. The molecule has 0 aliphatic heterocycles. The van der Waals surface area contributed by atoms with E-state index in [-0.39, 0.29) is 31.7 Å². The summed E-state index contributed by atoms with van der Waals surface area (Å²) in [5.74, 6) is -1.33. The first-order chi connectivity index (χ1) is 16.1. The summed E-state index contributed by atoms with van der Waals surface area (Å²) in [6.45, 7) is 2.14. The molecular formula is C19H20Cl3N3O8S2. The van der Waals surface area contributed by atoms with Gasteiger partial charge in [0.05, 0.1) is 38.3 Å². The average Bonchev–Trinajstić information content (AvgIpc) is 2.74. The fraction of sp³-hybridized carbons (Fsp3) is 0.211. The van der Waals surface area contributed by atoms with Crippen LogP contribution in [0, 0.1) is 0 Å². The van der Waals surface area contributed by atoms with Gasteiger partial charge in [-0.15, -0.1) is 0 Å². The van der Waals surface area contributed by atoms with E-state index in [0.717, 1.165) is 7.11 Å². The SMILES string of the molecule is CC(=O)Nc1ccc(S(=O)(=O)Cl)cc1Cl.COC(=O)CNS(=O)(=O)c1ccc(NC(C)=O)c(Cl)c1. The van der Waals surface area contributed by atoms with Gasteiger partial charge in [0.2, 0.25) is 21.8 Å². The molecule has 2 amide bonds. The zero-order valence-corrected chi connectivity index (χ0v) is 22.3. The van der Waals surface area contributed by atoms with Gasteiger partial charge in [-0.2, -0.15) is 4.72 Å². The number of amides is 2. The average molecular weight is 589 g/mol. The molecule has 0 unspecified atom stereocenters. The van der Waals surface area contributed by atoms with Gasteiger partial charge in [0.25, 0.3) is 9.05 Å². The second-order valence-electron chi connectivity index (χ2n) is 6.48. The molecule has 0 atom stereocenters. The van der Waals surface area contributed by atoms with E-state index >= 15 is 0 Å². The van der Waals surface area contributed by atoms with Crippen molar-refractivity contribution < 1.29 is 36.0 Å². The largest absolute Gasteiger partial charge is 0.468 e. The van der Waals surface area contributed by atoms with Crippen LogP contribution in [0.5, 0.6) is 0 Å². The standard InChI is InChI=1S/C11H13ClN2O5S.C8H7Cl2NO3S/c1-7(15)14-10-4-3-8(5-9(10)12)20(17,18)13-6-11(16)19-2;1-5(12)11-8-3-2-6(4-7(8)9)15(10,13)14/h3-5,13H,6H2,1-2H3,(H,14,15);2-4H,1H3,(H,11,12). The molecule has 0 bridgehead atoms. The summed E-state index contributed by atoms with van der Waals surface area (Å²) in [6, 6.07) is 7.60. The molecule has 2 aromatic carbocycles. The van der Waals surface area contributed by atoms with Crippen LogP contribution in [0.15, 0.2) is 46.2 Å². The number of esters is 1. The smallest absolute Gasteiger partial charge is 0.320 e. The molecule has 0 saturated heterocycles. The van der Waals surface area contributed by atoms with Crippen LogP contribution in [-0.2, 0) is 38.2 Å². The molecule has 0 aromatic heterocycles. The second-order valence-corrected chi connectivity index (χ2v) is 11.6. The quantitative estimate of drug-likeness (QED) is 0.328. The highest BCUT2D eigenvalue weighted by atomic mass is 35.7. The molecule has 11 nitrogen and oxygen atoms in total. The zero-order chi connectivity index (χ0) is 27.0. The topological polar surface area (TPSA) is 165 Å². The Kier molecular flexibility index (Phi) is 11.4. The molecule has 0 aliphatic rings. The van der Waals surface area contributed by atoms with E-state index in [9.17, 15) is 31.2 Å². The summed E-state index contributed by atoms with van der Waals surface area (Å²) in [7, 11) is -1.41. The summed E-state index contributed by atoms with van der Waals surface area (Å²) in [4.78, 5) is 32.3. The van der Waals surface area contributed by atoms with Crippen molar-refractivity contribution in [2.75, 3.05) is 24.3 Å². The third kappa shape index (κ3) is 10.4. The molecule has 0 heterocycles. The van der Waals surface area contributed by atoms with Gasteiger partial charge >= 0.3 is 5.97 Å². The van der Waals surface area contributed by atoms with Crippen molar-refractivity contribution in [3.8, 4) is 0 Å². The minimum atomic E-state index is -3.88. The first-order valence-electron chi connectivity index (χ1n) is 9.22. The second kappa shape index (κ2) is 13.0. The fourth-order valence-corrected chi connectivity index (χ4v) is 4.56. The number of hydrogen-bond acceptors (Lipinski definition) is 8. The maximum Gasteiger partial charge on any atom is 0.320 e. The summed E-state index contributed by atoms with van der Waals surface area (Å²) in [6.07, 6.45) is 0. The fourth-order valence-electron chi connectivity index (χ4n) is 2.20. The van der Waals surface area contributed by atoms with E-state index in [1.54, 1.807) is 0 Å². The summed E-state index contributed by atoms with van der Waals surface area (Å²) < 4.78 is 52.0. The van der Waals surface area contributed by atoms with E-state index in [2.05, 4.69) is 20.1 Å². The van der Waals surface area contributed by atoms with Gasteiger partial charge < -0.3 is 15.4 Å². The molecule has 16 heteroatoms. The maximum absolute atomic E-state index is 11.9. The molecule has 3 N–H and O–H groups in total. The lowest BCUT2D eigenvalue weighted by atomic mass is 10.3. The van der Waals surface area contributed by atoms with E-state index in [4.69, 9.17) is 33.9 Å². The lowest BCUT2D eigenvalue weighted by Crippen LogP contribution is -2.30. The number of benzene rings is 2. The molecule has 0 radical (unpaired) electrons. The van der Waals surface area contributed by atoms with E-state index in [1.807, 2.05) is 0 Å². The first-order valence-corrected chi connectivity index (χ1v) is 13.8. The van der Waals surface area contributed by atoms with Crippen LogP contribution in [0.25, 0.3) is 0 Å². The van der Waals surface area contributed by atoms with Crippen LogP contribution < -0.4 is 15.4 Å². The minimum Gasteiger partial charge on any atom is -0.468 e. The molecule has 0 fully saturated rings. The van der Waals surface area contributed by atoms with Gasteiger partial charge in [-0.3, -0.25) is 14.4 Å². The number of ether oxygens (including phenoxy) is 1. The van der Waals surface area contributed by atoms with Crippen molar-refractivity contribution in [3.63, 3.8) is 0 Å². The van der Waals surface area contributed by atoms with E-state index in [1.165, 1.54) is 50.2 Å². The van der Waals surface area contributed by atoms with Gasteiger partial charge in [0, 0.05) is 24.5 Å². The molecule has 35 heavy (non-hydrogen) atoms. The van der Waals surface area contributed by atoms with Crippen LogP contribution in [0.3, 0.4) is 0 Å². The Labute approximate surface area is 216 Å². The molecule has 2 aromatic rings. The van der Waals surface area contributed by atoms with Gasteiger partial charge in [-0.05, 0) is 36.4 Å². The minimum absolute atomic E-state index is 0.0705. The molecule has 0 spiro atoms. The Morgan fingerprint density at radius 2 is 1.26 bits per heavy atom. The van der Waals surface area contributed by atoms with Crippen molar-refractivity contribution >= 4 is 82.1 Å².